The van der Waals surface area contributed by atoms with Crippen LogP contribution in [0.4, 0.5) is 0 Å². The molecule has 6 heteroatoms. The number of unbranched alkanes of at least 4 members (excludes halogenated alkanes) is 2. The van der Waals surface area contributed by atoms with E-state index in [2.05, 4.69) is 0 Å². The summed E-state index contributed by atoms with van der Waals surface area (Å²) < 4.78 is 0. The smallest absolute Gasteiger partial charge is 0.364 e. The minimum Gasteiger partial charge on any atom is -0.481 e. The minimum atomic E-state index is -2.69. The Balaban J connectivity index is 3.54. The highest BCUT2D eigenvalue weighted by molar-refractivity contribution is 5.74. The molecule has 0 amide bonds. The molecule has 0 rings (SSSR count). The summed E-state index contributed by atoms with van der Waals surface area (Å²) in [5.41, 5.74) is 0. The van der Waals surface area contributed by atoms with E-state index >= 15 is 0 Å². The Kier molecular flexibility index (Phi) is 5.11. The van der Waals surface area contributed by atoms with Crippen molar-refractivity contribution in [2.75, 3.05) is 0 Å². The lowest BCUT2D eigenvalue weighted by atomic mass is 10.1. The van der Waals surface area contributed by atoms with Crippen molar-refractivity contribution in [1.82, 2.24) is 0 Å². The van der Waals surface area contributed by atoms with E-state index in [1.807, 2.05) is 0 Å². The summed E-state index contributed by atoms with van der Waals surface area (Å²) in [6, 6.07) is 0. The van der Waals surface area contributed by atoms with Gasteiger partial charge in [0.15, 0.2) is 0 Å². The van der Waals surface area contributed by atoms with Crippen molar-refractivity contribution >= 4 is 11.9 Å². The summed E-state index contributed by atoms with van der Waals surface area (Å²) in [5, 5.41) is 34.2. The average Bonchev–Trinajstić information content (AvgIpc) is 2.02. The monoisotopic (exact) mass is 206 g/mol. The van der Waals surface area contributed by atoms with E-state index in [1.54, 1.807) is 0 Å². The lowest BCUT2D eigenvalue weighted by Gasteiger charge is -2.15. The molecule has 0 bridgehead atoms. The van der Waals surface area contributed by atoms with Crippen LogP contribution >= 0.6 is 0 Å². The van der Waals surface area contributed by atoms with Crippen molar-refractivity contribution in [3.8, 4) is 0 Å². The number of hydrogen-bond donors (Lipinski definition) is 4. The molecular formula is C8H14O6. The lowest BCUT2D eigenvalue weighted by molar-refractivity contribution is -0.205. The van der Waals surface area contributed by atoms with Gasteiger partial charge in [-0.3, -0.25) is 4.79 Å². The summed E-state index contributed by atoms with van der Waals surface area (Å²) >= 11 is 0. The Morgan fingerprint density at radius 1 is 1.00 bits per heavy atom. The Hall–Kier alpha value is -1.14. The van der Waals surface area contributed by atoms with Crippen LogP contribution in [0.2, 0.25) is 0 Å². The van der Waals surface area contributed by atoms with Crippen LogP contribution in [0.1, 0.15) is 32.1 Å². The SMILES string of the molecule is O=C(O)CCCCCC(O)(O)C(=O)O. The van der Waals surface area contributed by atoms with Gasteiger partial charge in [-0.25, -0.2) is 4.79 Å². The van der Waals surface area contributed by atoms with Crippen molar-refractivity contribution < 1.29 is 30.0 Å². The van der Waals surface area contributed by atoms with Gasteiger partial charge < -0.3 is 20.4 Å². The maximum absolute atomic E-state index is 10.2. The second-order valence-corrected chi connectivity index (χ2v) is 3.08. The van der Waals surface area contributed by atoms with Gasteiger partial charge in [0.2, 0.25) is 0 Å². The molecule has 0 aliphatic rings. The minimum absolute atomic E-state index is 0.0108. The summed E-state index contributed by atoms with van der Waals surface area (Å²) in [6.45, 7) is 0. The Labute approximate surface area is 80.8 Å². The summed E-state index contributed by atoms with van der Waals surface area (Å²) in [5.74, 6) is -5.29. The topological polar surface area (TPSA) is 115 Å². The quantitative estimate of drug-likeness (QED) is 0.338. The van der Waals surface area contributed by atoms with E-state index in [4.69, 9.17) is 20.4 Å². The molecule has 0 saturated heterocycles. The first-order valence-electron chi connectivity index (χ1n) is 4.26. The Morgan fingerprint density at radius 3 is 2.00 bits per heavy atom. The Morgan fingerprint density at radius 2 is 1.57 bits per heavy atom. The van der Waals surface area contributed by atoms with Crippen LogP contribution in [0.3, 0.4) is 0 Å². The zero-order valence-corrected chi connectivity index (χ0v) is 7.64. The number of carbonyl (C=O) groups is 2. The van der Waals surface area contributed by atoms with Crippen molar-refractivity contribution in [3.63, 3.8) is 0 Å². The molecule has 0 atom stereocenters. The molecule has 14 heavy (non-hydrogen) atoms. The fraction of sp³-hybridized carbons (Fsp3) is 0.750. The van der Waals surface area contributed by atoms with E-state index in [9.17, 15) is 9.59 Å². The predicted molar refractivity (Wildman–Crippen MR) is 45.5 cm³/mol. The van der Waals surface area contributed by atoms with E-state index < -0.39 is 17.7 Å². The van der Waals surface area contributed by atoms with E-state index in [0.717, 1.165) is 0 Å². The van der Waals surface area contributed by atoms with E-state index in [-0.39, 0.29) is 19.3 Å². The van der Waals surface area contributed by atoms with Gasteiger partial charge in [0, 0.05) is 12.8 Å². The maximum Gasteiger partial charge on any atom is 0.364 e. The highest BCUT2D eigenvalue weighted by Gasteiger charge is 2.31. The number of carboxylic acids is 2. The van der Waals surface area contributed by atoms with Crippen LogP contribution in [-0.2, 0) is 9.59 Å². The first-order valence-corrected chi connectivity index (χ1v) is 4.26. The Bertz CT molecular complexity index is 210. The van der Waals surface area contributed by atoms with Gasteiger partial charge in [0.25, 0.3) is 5.79 Å². The summed E-state index contributed by atoms with van der Waals surface area (Å²) in [7, 11) is 0. The van der Waals surface area contributed by atoms with E-state index in [0.29, 0.717) is 12.8 Å². The molecule has 0 aliphatic heterocycles. The van der Waals surface area contributed by atoms with Crippen LogP contribution in [0, 0.1) is 0 Å². The highest BCUT2D eigenvalue weighted by atomic mass is 16.5. The van der Waals surface area contributed by atoms with Crippen LogP contribution in [0.15, 0.2) is 0 Å². The first kappa shape index (κ1) is 12.9. The van der Waals surface area contributed by atoms with Gasteiger partial charge in [0.1, 0.15) is 0 Å². The number of hydrogen-bond acceptors (Lipinski definition) is 4. The standard InChI is InChI=1S/C8H14O6/c9-6(10)4-2-1-3-5-8(13,14)7(11)12/h13-14H,1-5H2,(H,9,10)(H,11,12). The molecule has 0 spiro atoms. The molecule has 0 unspecified atom stereocenters. The highest BCUT2D eigenvalue weighted by Crippen LogP contribution is 2.12. The molecule has 0 aromatic heterocycles. The van der Waals surface area contributed by atoms with Gasteiger partial charge in [0.05, 0.1) is 0 Å². The van der Waals surface area contributed by atoms with Crippen LogP contribution in [0.5, 0.6) is 0 Å². The molecule has 0 fully saturated rings. The number of aliphatic hydroxyl groups is 2. The van der Waals surface area contributed by atoms with Crippen molar-refractivity contribution in [2.24, 2.45) is 0 Å². The fourth-order valence-corrected chi connectivity index (χ4v) is 0.931. The maximum atomic E-state index is 10.2. The molecule has 0 heterocycles. The molecular weight excluding hydrogens is 192 g/mol. The molecule has 0 aliphatic carbocycles. The third kappa shape index (κ3) is 5.50. The molecule has 0 saturated carbocycles. The normalized spacial score (nSPS) is 11.3. The van der Waals surface area contributed by atoms with Crippen molar-refractivity contribution in [2.45, 2.75) is 37.9 Å². The second-order valence-electron chi connectivity index (χ2n) is 3.08. The number of carboxylic acid groups (broad SMARTS) is 2. The van der Waals surface area contributed by atoms with Gasteiger partial charge in [-0.1, -0.05) is 6.42 Å². The molecule has 0 aromatic rings. The second kappa shape index (κ2) is 5.56. The molecule has 0 aromatic carbocycles. The molecule has 6 nitrogen and oxygen atoms in total. The van der Waals surface area contributed by atoms with Gasteiger partial charge in [-0.2, -0.15) is 0 Å². The van der Waals surface area contributed by atoms with E-state index in [1.165, 1.54) is 0 Å². The predicted octanol–water partition coefficient (Wildman–Crippen LogP) is -0.213. The number of rotatable bonds is 7. The van der Waals surface area contributed by atoms with Gasteiger partial charge >= 0.3 is 11.9 Å². The zero-order valence-electron chi connectivity index (χ0n) is 7.64. The van der Waals surface area contributed by atoms with Crippen LogP contribution < -0.4 is 0 Å². The third-order valence-corrected chi connectivity index (χ3v) is 1.76. The number of aliphatic carboxylic acids is 2. The summed E-state index contributed by atoms with van der Waals surface area (Å²) in [4.78, 5) is 20.3. The average molecular weight is 206 g/mol. The lowest BCUT2D eigenvalue weighted by Crippen LogP contribution is -2.37. The fourth-order valence-electron chi connectivity index (χ4n) is 0.931. The first-order chi connectivity index (χ1) is 6.36. The van der Waals surface area contributed by atoms with Gasteiger partial charge in [-0.05, 0) is 12.8 Å². The molecule has 82 valence electrons. The van der Waals surface area contributed by atoms with Gasteiger partial charge in [-0.15, -0.1) is 0 Å². The van der Waals surface area contributed by atoms with Crippen molar-refractivity contribution in [1.29, 1.82) is 0 Å². The third-order valence-electron chi connectivity index (χ3n) is 1.76. The zero-order chi connectivity index (χ0) is 11.2. The molecule has 0 radical (unpaired) electrons. The largest absolute Gasteiger partial charge is 0.481 e. The van der Waals surface area contributed by atoms with Crippen molar-refractivity contribution in [3.05, 3.63) is 0 Å². The summed E-state index contributed by atoms with van der Waals surface area (Å²) in [6.07, 6.45) is 0.860. The molecule has 4 N–H and O–H groups in total. The van der Waals surface area contributed by atoms with Crippen LogP contribution in [0.25, 0.3) is 0 Å². The van der Waals surface area contributed by atoms with Crippen LogP contribution in [-0.4, -0.2) is 38.2 Å².